The lowest BCUT2D eigenvalue weighted by atomic mass is 10.1. The molecule has 1 amide bonds. The van der Waals surface area contributed by atoms with E-state index in [0.29, 0.717) is 27.7 Å². The number of hydrogen-bond donors (Lipinski definition) is 2. The molecule has 0 aliphatic rings. The molecule has 2 rings (SSSR count). The second-order valence-electron chi connectivity index (χ2n) is 3.89. The van der Waals surface area contributed by atoms with E-state index in [2.05, 4.69) is 5.32 Å². The van der Waals surface area contributed by atoms with Crippen molar-refractivity contribution in [3.05, 3.63) is 53.1 Å². The number of anilines is 2. The number of nitrogens with two attached hydrogens (primary N) is 1. The summed E-state index contributed by atoms with van der Waals surface area (Å²) in [5, 5.41) is 3.16. The lowest BCUT2D eigenvalue weighted by molar-refractivity contribution is 0.102. The van der Waals surface area contributed by atoms with Gasteiger partial charge < -0.3 is 15.8 Å². The van der Waals surface area contributed by atoms with Crippen LogP contribution in [0, 0.1) is 0 Å². The van der Waals surface area contributed by atoms with Gasteiger partial charge in [-0.1, -0.05) is 23.7 Å². The fraction of sp³-hybridized carbons (Fsp3) is 0.0714. The number of halogens is 1. The summed E-state index contributed by atoms with van der Waals surface area (Å²) in [5.41, 5.74) is 7.18. The van der Waals surface area contributed by atoms with E-state index in [-0.39, 0.29) is 5.91 Å². The molecule has 0 radical (unpaired) electrons. The highest BCUT2D eigenvalue weighted by atomic mass is 35.5. The third-order valence-corrected chi connectivity index (χ3v) is 2.91. The van der Waals surface area contributed by atoms with E-state index in [1.807, 2.05) is 0 Å². The third kappa shape index (κ3) is 2.98. The minimum Gasteiger partial charge on any atom is -0.495 e. The number of benzene rings is 2. The summed E-state index contributed by atoms with van der Waals surface area (Å²) in [6, 6.07) is 11.9. The van der Waals surface area contributed by atoms with E-state index in [1.54, 1.807) is 42.5 Å². The zero-order valence-corrected chi connectivity index (χ0v) is 11.1. The predicted molar refractivity (Wildman–Crippen MR) is 76.8 cm³/mol. The number of carbonyl (C=O) groups excluding carboxylic acids is 1. The van der Waals surface area contributed by atoms with Gasteiger partial charge in [-0.05, 0) is 30.3 Å². The van der Waals surface area contributed by atoms with Crippen LogP contribution in [0.4, 0.5) is 11.4 Å². The first kappa shape index (κ1) is 13.2. The van der Waals surface area contributed by atoms with Crippen molar-refractivity contribution in [2.24, 2.45) is 0 Å². The van der Waals surface area contributed by atoms with Crippen molar-refractivity contribution < 1.29 is 9.53 Å². The minimum atomic E-state index is -0.278. The van der Waals surface area contributed by atoms with Gasteiger partial charge in [-0.25, -0.2) is 0 Å². The van der Waals surface area contributed by atoms with Crippen LogP contribution >= 0.6 is 11.6 Å². The molecule has 0 spiro atoms. The molecule has 0 aliphatic carbocycles. The van der Waals surface area contributed by atoms with Gasteiger partial charge in [0.25, 0.3) is 5.91 Å². The number of rotatable bonds is 3. The second kappa shape index (κ2) is 5.63. The Labute approximate surface area is 116 Å². The average molecular weight is 277 g/mol. The van der Waals surface area contributed by atoms with Gasteiger partial charge in [0.2, 0.25) is 0 Å². The summed E-state index contributed by atoms with van der Waals surface area (Å²) in [6.07, 6.45) is 0. The number of para-hydroxylation sites is 1. The molecule has 0 saturated heterocycles. The highest BCUT2D eigenvalue weighted by Crippen LogP contribution is 2.27. The van der Waals surface area contributed by atoms with Crippen LogP contribution in [-0.2, 0) is 0 Å². The van der Waals surface area contributed by atoms with Crippen LogP contribution in [0.2, 0.25) is 5.02 Å². The molecular weight excluding hydrogens is 264 g/mol. The maximum atomic E-state index is 12.0. The molecule has 0 aromatic heterocycles. The molecule has 98 valence electrons. The molecular formula is C14H13ClN2O2. The topological polar surface area (TPSA) is 64.3 Å². The Morgan fingerprint density at radius 3 is 2.63 bits per heavy atom. The van der Waals surface area contributed by atoms with E-state index in [9.17, 15) is 4.79 Å². The lowest BCUT2D eigenvalue weighted by Gasteiger charge is -2.09. The van der Waals surface area contributed by atoms with E-state index >= 15 is 0 Å². The molecule has 3 N–H and O–H groups in total. The van der Waals surface area contributed by atoms with E-state index in [0.717, 1.165) is 0 Å². The van der Waals surface area contributed by atoms with E-state index in [1.165, 1.54) is 7.11 Å². The van der Waals surface area contributed by atoms with Crippen LogP contribution in [0.25, 0.3) is 0 Å². The fourth-order valence-corrected chi connectivity index (χ4v) is 1.90. The van der Waals surface area contributed by atoms with Gasteiger partial charge in [0.1, 0.15) is 5.75 Å². The SMILES string of the molecule is COc1ccc(NC(=O)c2ccccc2N)cc1Cl. The number of carbonyl (C=O) groups is 1. The maximum Gasteiger partial charge on any atom is 0.257 e. The van der Waals surface area contributed by atoms with Crippen LogP contribution in [0.5, 0.6) is 5.75 Å². The standard InChI is InChI=1S/C14H13ClN2O2/c1-19-13-7-6-9(8-11(13)15)17-14(18)10-4-2-3-5-12(10)16/h2-8H,16H2,1H3,(H,17,18). The molecule has 2 aromatic carbocycles. The fourth-order valence-electron chi connectivity index (χ4n) is 1.65. The first-order valence-electron chi connectivity index (χ1n) is 5.61. The number of nitrogens with one attached hydrogen (secondary N) is 1. The number of methoxy groups -OCH3 is 1. The molecule has 4 nitrogen and oxygen atoms in total. The quantitative estimate of drug-likeness (QED) is 0.846. The van der Waals surface area contributed by atoms with Crippen molar-refractivity contribution in [1.82, 2.24) is 0 Å². The van der Waals surface area contributed by atoms with Crippen LogP contribution in [0.1, 0.15) is 10.4 Å². The Bertz CT molecular complexity index is 614. The van der Waals surface area contributed by atoms with Crippen LogP contribution in [0.3, 0.4) is 0 Å². The molecule has 0 atom stereocenters. The highest BCUT2D eigenvalue weighted by Gasteiger charge is 2.10. The van der Waals surface area contributed by atoms with Gasteiger partial charge in [-0.2, -0.15) is 0 Å². The zero-order valence-electron chi connectivity index (χ0n) is 10.3. The van der Waals surface area contributed by atoms with Crippen molar-refractivity contribution in [3.63, 3.8) is 0 Å². The summed E-state index contributed by atoms with van der Waals surface area (Å²) in [7, 11) is 1.53. The first-order chi connectivity index (χ1) is 9.11. The van der Waals surface area contributed by atoms with Crippen LogP contribution in [0.15, 0.2) is 42.5 Å². The Morgan fingerprint density at radius 2 is 2.00 bits per heavy atom. The lowest BCUT2D eigenvalue weighted by Crippen LogP contribution is -2.13. The largest absolute Gasteiger partial charge is 0.495 e. The van der Waals surface area contributed by atoms with Crippen molar-refractivity contribution in [1.29, 1.82) is 0 Å². The normalized spacial score (nSPS) is 10.0. The molecule has 2 aromatic rings. The van der Waals surface area contributed by atoms with Crippen molar-refractivity contribution in [2.45, 2.75) is 0 Å². The first-order valence-corrected chi connectivity index (χ1v) is 5.99. The van der Waals surface area contributed by atoms with Crippen molar-refractivity contribution in [3.8, 4) is 5.75 Å². The van der Waals surface area contributed by atoms with E-state index in [4.69, 9.17) is 22.1 Å². The maximum absolute atomic E-state index is 12.0. The van der Waals surface area contributed by atoms with E-state index < -0.39 is 0 Å². The Hall–Kier alpha value is -2.20. The Balaban J connectivity index is 2.20. The predicted octanol–water partition coefficient (Wildman–Crippen LogP) is 3.18. The van der Waals surface area contributed by atoms with Gasteiger partial charge in [0.05, 0.1) is 17.7 Å². The van der Waals surface area contributed by atoms with Gasteiger partial charge in [-0.15, -0.1) is 0 Å². The minimum absolute atomic E-state index is 0.278. The monoisotopic (exact) mass is 276 g/mol. The summed E-state index contributed by atoms with van der Waals surface area (Å²) < 4.78 is 5.04. The van der Waals surface area contributed by atoms with Crippen LogP contribution in [-0.4, -0.2) is 13.0 Å². The summed E-state index contributed by atoms with van der Waals surface area (Å²) in [6.45, 7) is 0. The molecule has 0 unspecified atom stereocenters. The Kier molecular flexibility index (Phi) is 3.92. The van der Waals surface area contributed by atoms with Crippen LogP contribution < -0.4 is 15.8 Å². The number of amides is 1. The van der Waals surface area contributed by atoms with Crippen molar-refractivity contribution in [2.75, 3.05) is 18.2 Å². The summed E-state index contributed by atoms with van der Waals surface area (Å²) in [5.74, 6) is 0.276. The molecule has 0 heterocycles. The van der Waals surface area contributed by atoms with Gasteiger partial charge >= 0.3 is 0 Å². The number of ether oxygens (including phenoxy) is 1. The summed E-state index contributed by atoms with van der Waals surface area (Å²) >= 11 is 5.99. The van der Waals surface area contributed by atoms with Gasteiger partial charge in [0, 0.05) is 11.4 Å². The number of hydrogen-bond acceptors (Lipinski definition) is 3. The smallest absolute Gasteiger partial charge is 0.257 e. The molecule has 0 bridgehead atoms. The highest BCUT2D eigenvalue weighted by molar-refractivity contribution is 6.32. The second-order valence-corrected chi connectivity index (χ2v) is 4.30. The Morgan fingerprint density at radius 1 is 1.26 bits per heavy atom. The molecule has 0 fully saturated rings. The zero-order chi connectivity index (χ0) is 13.8. The van der Waals surface area contributed by atoms with Crippen molar-refractivity contribution >= 4 is 28.9 Å². The molecule has 0 aliphatic heterocycles. The summed E-state index contributed by atoms with van der Waals surface area (Å²) in [4.78, 5) is 12.0. The molecule has 0 saturated carbocycles. The van der Waals surface area contributed by atoms with Gasteiger partial charge in [-0.3, -0.25) is 4.79 Å². The molecule has 19 heavy (non-hydrogen) atoms. The molecule has 5 heteroatoms. The number of nitrogen functional groups attached to an aromatic ring is 1. The third-order valence-electron chi connectivity index (χ3n) is 2.62. The average Bonchev–Trinajstić information content (AvgIpc) is 2.39. The van der Waals surface area contributed by atoms with Gasteiger partial charge in [0.15, 0.2) is 0 Å².